The number of carbonyl (C=O) groups excluding carboxylic acids is 1. The quantitative estimate of drug-likeness (QED) is 0.833. The number of nitrogens with zero attached hydrogens (tertiary/aromatic N) is 1. The maximum atomic E-state index is 12.7. The lowest BCUT2D eigenvalue weighted by atomic mass is 10.0. The van der Waals surface area contributed by atoms with Gasteiger partial charge in [0.2, 0.25) is 0 Å². The van der Waals surface area contributed by atoms with E-state index in [9.17, 15) is 9.59 Å². The van der Waals surface area contributed by atoms with Crippen LogP contribution in [0.5, 0.6) is 0 Å². The molecule has 0 spiro atoms. The number of carbonyl (C=O) groups is 1. The summed E-state index contributed by atoms with van der Waals surface area (Å²) in [5.41, 5.74) is 5.27. The first-order valence-electron chi connectivity index (χ1n) is 8.66. The Morgan fingerprint density at radius 1 is 1.23 bits per heavy atom. The van der Waals surface area contributed by atoms with Gasteiger partial charge < -0.3 is 9.88 Å². The summed E-state index contributed by atoms with van der Waals surface area (Å²) < 4.78 is 1.60. The summed E-state index contributed by atoms with van der Waals surface area (Å²) in [6, 6.07) is 7.69. The number of amides is 1. The highest BCUT2D eigenvalue weighted by Crippen LogP contribution is 2.18. The molecule has 136 valence electrons. The van der Waals surface area contributed by atoms with Crippen LogP contribution in [0.15, 0.2) is 53.0 Å². The molecule has 1 amide bonds. The number of allylic oxidation sites excluding steroid dienone is 3. The molecule has 0 aliphatic carbocycles. The molecule has 0 radical (unpaired) electrons. The molecule has 2 aromatic rings. The van der Waals surface area contributed by atoms with E-state index in [0.29, 0.717) is 6.54 Å². The van der Waals surface area contributed by atoms with E-state index in [-0.39, 0.29) is 17.0 Å². The molecule has 0 aliphatic rings. The molecule has 1 aromatic heterocycles. The number of pyridine rings is 1. The Labute approximate surface area is 154 Å². The predicted octanol–water partition coefficient (Wildman–Crippen LogP) is 3.85. The van der Waals surface area contributed by atoms with Crippen LogP contribution in [0.25, 0.3) is 6.08 Å². The van der Waals surface area contributed by atoms with Gasteiger partial charge in [0.15, 0.2) is 0 Å². The van der Waals surface area contributed by atoms with Gasteiger partial charge in [-0.15, -0.1) is 0 Å². The van der Waals surface area contributed by atoms with Crippen LogP contribution < -0.4 is 10.9 Å². The second kappa shape index (κ2) is 8.48. The van der Waals surface area contributed by atoms with E-state index in [1.54, 1.807) is 16.8 Å². The molecule has 4 nitrogen and oxygen atoms in total. The number of rotatable bonds is 5. The first-order chi connectivity index (χ1) is 12.3. The third-order valence-electron chi connectivity index (χ3n) is 4.14. The second-order valence-electron chi connectivity index (χ2n) is 6.69. The fraction of sp³-hybridized carbons (Fsp3) is 0.273. The molecule has 4 heteroatoms. The highest BCUT2D eigenvalue weighted by atomic mass is 16.2. The van der Waals surface area contributed by atoms with E-state index in [1.807, 2.05) is 25.1 Å². The molecule has 0 saturated carbocycles. The van der Waals surface area contributed by atoms with Gasteiger partial charge in [0.25, 0.3) is 11.5 Å². The van der Waals surface area contributed by atoms with Crippen molar-refractivity contribution in [3.05, 3.63) is 86.4 Å². The fourth-order valence-electron chi connectivity index (χ4n) is 2.84. The minimum Gasteiger partial charge on any atom is -0.355 e. The van der Waals surface area contributed by atoms with Gasteiger partial charge in [-0.05, 0) is 56.0 Å². The molecular formula is C22H26N2O2. The number of hydrogen-bond acceptors (Lipinski definition) is 2. The van der Waals surface area contributed by atoms with Crippen LogP contribution in [-0.4, -0.2) is 17.5 Å². The highest BCUT2D eigenvalue weighted by Gasteiger charge is 2.13. The smallest absolute Gasteiger partial charge is 0.263 e. The molecule has 0 unspecified atom stereocenters. The highest BCUT2D eigenvalue weighted by molar-refractivity contribution is 5.93. The SMILES string of the molecule is CNC(=O)c1cc(C)cn(Cc2cccc(C)c2/C=C\C=C(C)C)c1=O. The van der Waals surface area contributed by atoms with Gasteiger partial charge in [0.1, 0.15) is 5.56 Å². The van der Waals surface area contributed by atoms with E-state index in [1.165, 1.54) is 12.6 Å². The summed E-state index contributed by atoms with van der Waals surface area (Å²) in [6.07, 6.45) is 7.94. The third-order valence-corrected chi connectivity index (χ3v) is 4.14. The summed E-state index contributed by atoms with van der Waals surface area (Å²) in [6.45, 7) is 8.46. The normalized spacial score (nSPS) is 10.8. The van der Waals surface area contributed by atoms with Gasteiger partial charge in [-0.25, -0.2) is 0 Å². The lowest BCUT2D eigenvalue weighted by molar-refractivity contribution is 0.0961. The fourth-order valence-corrected chi connectivity index (χ4v) is 2.84. The Balaban J connectivity index is 2.50. The van der Waals surface area contributed by atoms with E-state index in [2.05, 4.69) is 44.3 Å². The van der Waals surface area contributed by atoms with Crippen molar-refractivity contribution in [2.45, 2.75) is 34.2 Å². The number of aromatic nitrogens is 1. The van der Waals surface area contributed by atoms with Gasteiger partial charge in [0, 0.05) is 13.2 Å². The first-order valence-corrected chi connectivity index (χ1v) is 8.66. The molecule has 1 N–H and O–H groups in total. The van der Waals surface area contributed by atoms with E-state index in [0.717, 1.165) is 22.3 Å². The van der Waals surface area contributed by atoms with Crippen LogP contribution in [0.2, 0.25) is 0 Å². The van der Waals surface area contributed by atoms with Gasteiger partial charge in [-0.2, -0.15) is 0 Å². The van der Waals surface area contributed by atoms with E-state index < -0.39 is 0 Å². The lowest BCUT2D eigenvalue weighted by Gasteiger charge is -2.13. The standard InChI is InChI=1S/C22H26N2O2/c1-15(2)8-6-11-19-17(4)9-7-10-18(19)14-24-13-16(3)12-20(22(24)26)21(25)23-5/h6-13H,14H2,1-5H3,(H,23,25)/b11-6-. The van der Waals surface area contributed by atoms with Crippen molar-refractivity contribution in [1.82, 2.24) is 9.88 Å². The summed E-state index contributed by atoms with van der Waals surface area (Å²) in [4.78, 5) is 24.7. The van der Waals surface area contributed by atoms with E-state index >= 15 is 0 Å². The zero-order chi connectivity index (χ0) is 19.3. The number of benzene rings is 1. The maximum Gasteiger partial charge on any atom is 0.263 e. The first kappa shape index (κ1) is 19.4. The molecule has 0 saturated heterocycles. The summed E-state index contributed by atoms with van der Waals surface area (Å²) >= 11 is 0. The largest absolute Gasteiger partial charge is 0.355 e. The number of hydrogen-bond donors (Lipinski definition) is 1. The minimum atomic E-state index is -0.361. The average molecular weight is 350 g/mol. The van der Waals surface area contributed by atoms with Crippen LogP contribution >= 0.6 is 0 Å². The van der Waals surface area contributed by atoms with Crippen LogP contribution in [0.1, 0.15) is 46.5 Å². The molecule has 1 heterocycles. The minimum absolute atomic E-state index is 0.168. The van der Waals surface area contributed by atoms with Crippen molar-refractivity contribution in [2.24, 2.45) is 0 Å². The van der Waals surface area contributed by atoms with Crippen molar-refractivity contribution in [2.75, 3.05) is 7.05 Å². The zero-order valence-corrected chi connectivity index (χ0v) is 16.1. The van der Waals surface area contributed by atoms with Crippen LogP contribution in [0.4, 0.5) is 0 Å². The number of aryl methyl sites for hydroxylation is 2. The van der Waals surface area contributed by atoms with Crippen molar-refractivity contribution in [3.63, 3.8) is 0 Å². The molecule has 26 heavy (non-hydrogen) atoms. The molecular weight excluding hydrogens is 324 g/mol. The summed E-state index contributed by atoms with van der Waals surface area (Å²) in [5, 5.41) is 2.53. The molecule has 0 aliphatic heterocycles. The van der Waals surface area contributed by atoms with Crippen LogP contribution in [0, 0.1) is 13.8 Å². The van der Waals surface area contributed by atoms with Gasteiger partial charge in [-0.1, -0.05) is 42.0 Å². The van der Waals surface area contributed by atoms with Crippen LogP contribution in [0.3, 0.4) is 0 Å². The molecule has 0 bridgehead atoms. The molecule has 0 atom stereocenters. The van der Waals surface area contributed by atoms with Crippen molar-refractivity contribution < 1.29 is 4.79 Å². The van der Waals surface area contributed by atoms with Gasteiger partial charge >= 0.3 is 0 Å². The predicted molar refractivity (Wildman–Crippen MR) is 108 cm³/mol. The van der Waals surface area contributed by atoms with Gasteiger partial charge in [-0.3, -0.25) is 9.59 Å². The third kappa shape index (κ3) is 4.60. The molecule has 0 fully saturated rings. The van der Waals surface area contributed by atoms with E-state index in [4.69, 9.17) is 0 Å². The molecule has 1 aromatic carbocycles. The van der Waals surface area contributed by atoms with Crippen molar-refractivity contribution >= 4 is 12.0 Å². The second-order valence-corrected chi connectivity index (χ2v) is 6.69. The van der Waals surface area contributed by atoms with Crippen LogP contribution in [-0.2, 0) is 6.54 Å². The van der Waals surface area contributed by atoms with Crippen molar-refractivity contribution in [3.8, 4) is 0 Å². The lowest BCUT2D eigenvalue weighted by Crippen LogP contribution is -2.31. The Hall–Kier alpha value is -2.88. The Kier molecular flexibility index (Phi) is 6.34. The summed E-state index contributed by atoms with van der Waals surface area (Å²) in [7, 11) is 1.53. The number of nitrogens with one attached hydrogen (secondary N) is 1. The van der Waals surface area contributed by atoms with Gasteiger partial charge in [0.05, 0.1) is 6.54 Å². The summed E-state index contributed by atoms with van der Waals surface area (Å²) in [5.74, 6) is -0.361. The zero-order valence-electron chi connectivity index (χ0n) is 16.1. The topological polar surface area (TPSA) is 51.1 Å². The maximum absolute atomic E-state index is 12.7. The average Bonchev–Trinajstić information content (AvgIpc) is 2.59. The molecule has 2 rings (SSSR count). The Bertz CT molecular complexity index is 930. The van der Waals surface area contributed by atoms with Crippen molar-refractivity contribution in [1.29, 1.82) is 0 Å². The Morgan fingerprint density at radius 3 is 2.62 bits per heavy atom. The monoisotopic (exact) mass is 350 g/mol. The Morgan fingerprint density at radius 2 is 1.96 bits per heavy atom.